The predicted molar refractivity (Wildman–Crippen MR) is 98.2 cm³/mol. The molecule has 4 rings (SSSR count). The molecule has 2 aromatic heterocycles. The van der Waals surface area contributed by atoms with E-state index in [1.807, 2.05) is 43.3 Å². The quantitative estimate of drug-likeness (QED) is 0.400. The van der Waals surface area contributed by atoms with Crippen LogP contribution in [0, 0.1) is 17.0 Å². The van der Waals surface area contributed by atoms with E-state index in [1.54, 1.807) is 22.7 Å². The molecule has 8 heteroatoms. The third kappa shape index (κ3) is 3.02. The van der Waals surface area contributed by atoms with Crippen molar-refractivity contribution >= 4 is 23.2 Å². The molecular weight excluding hydrogens is 350 g/mol. The predicted octanol–water partition coefficient (Wildman–Crippen LogP) is 4.16. The van der Waals surface area contributed by atoms with Crippen LogP contribution in [-0.4, -0.2) is 24.5 Å². The molecule has 0 N–H and O–H groups in total. The highest BCUT2D eigenvalue weighted by Gasteiger charge is 2.17. The number of hydrogen-bond acceptors (Lipinski definition) is 6. The van der Waals surface area contributed by atoms with Gasteiger partial charge in [0.25, 0.3) is 11.5 Å². The van der Waals surface area contributed by atoms with Crippen LogP contribution in [0.4, 0.5) is 5.69 Å². The molecule has 4 aromatic rings. The van der Waals surface area contributed by atoms with E-state index < -0.39 is 4.92 Å². The average molecular weight is 363 g/mol. The highest BCUT2D eigenvalue weighted by Crippen LogP contribution is 2.33. The lowest BCUT2D eigenvalue weighted by atomic mass is 10.1. The second kappa shape index (κ2) is 6.57. The van der Waals surface area contributed by atoms with E-state index in [0.717, 1.165) is 28.7 Å². The first-order valence-corrected chi connectivity index (χ1v) is 8.64. The highest BCUT2D eigenvalue weighted by molar-refractivity contribution is 7.99. The maximum atomic E-state index is 11.2. The van der Waals surface area contributed by atoms with Crippen molar-refractivity contribution in [2.75, 3.05) is 0 Å². The summed E-state index contributed by atoms with van der Waals surface area (Å²) in [6.07, 6.45) is 0. The zero-order chi connectivity index (χ0) is 18.1. The molecule has 0 aliphatic rings. The van der Waals surface area contributed by atoms with E-state index in [4.69, 9.17) is 0 Å². The lowest BCUT2D eigenvalue weighted by Gasteiger charge is -2.04. The number of aromatic nitrogens is 4. The van der Waals surface area contributed by atoms with Crippen molar-refractivity contribution in [3.05, 3.63) is 76.5 Å². The Morgan fingerprint density at radius 2 is 1.77 bits per heavy atom. The van der Waals surface area contributed by atoms with Gasteiger partial charge in [0.15, 0.2) is 0 Å². The van der Waals surface area contributed by atoms with Gasteiger partial charge in [0.2, 0.25) is 5.16 Å². The van der Waals surface area contributed by atoms with Gasteiger partial charge < -0.3 is 0 Å². The van der Waals surface area contributed by atoms with E-state index in [0.29, 0.717) is 15.8 Å². The van der Waals surface area contributed by atoms with Crippen molar-refractivity contribution in [1.29, 1.82) is 0 Å². The van der Waals surface area contributed by atoms with Crippen LogP contribution in [0.5, 0.6) is 0 Å². The van der Waals surface area contributed by atoms with Crippen molar-refractivity contribution in [3.63, 3.8) is 0 Å². The van der Waals surface area contributed by atoms with Crippen LogP contribution in [-0.2, 0) is 0 Å². The van der Waals surface area contributed by atoms with Gasteiger partial charge in [-0.1, -0.05) is 42.5 Å². The van der Waals surface area contributed by atoms with Crippen molar-refractivity contribution in [3.8, 4) is 11.3 Å². The molecule has 0 bridgehead atoms. The van der Waals surface area contributed by atoms with Crippen LogP contribution in [0.3, 0.4) is 0 Å². The fourth-order valence-corrected chi connectivity index (χ4v) is 3.46. The van der Waals surface area contributed by atoms with Gasteiger partial charge in [-0.05, 0) is 30.8 Å². The summed E-state index contributed by atoms with van der Waals surface area (Å²) in [7, 11) is 0. The molecule has 0 radical (unpaired) electrons. The number of para-hydroxylation sites is 1. The van der Waals surface area contributed by atoms with Crippen molar-refractivity contribution in [2.24, 2.45) is 0 Å². The van der Waals surface area contributed by atoms with Crippen LogP contribution in [0.25, 0.3) is 17.0 Å². The largest absolute Gasteiger partial charge is 0.283 e. The summed E-state index contributed by atoms with van der Waals surface area (Å²) >= 11 is 1.15. The third-order valence-electron chi connectivity index (χ3n) is 3.75. The second-order valence-corrected chi connectivity index (χ2v) is 6.59. The third-order valence-corrected chi connectivity index (χ3v) is 4.67. The molecule has 26 heavy (non-hydrogen) atoms. The van der Waals surface area contributed by atoms with Crippen molar-refractivity contribution in [2.45, 2.75) is 17.0 Å². The maximum absolute atomic E-state index is 11.2. The van der Waals surface area contributed by atoms with E-state index in [2.05, 4.69) is 15.1 Å². The Labute approximate surface area is 152 Å². The monoisotopic (exact) mass is 363 g/mol. The molecule has 2 aromatic carbocycles. The minimum atomic E-state index is -0.407. The van der Waals surface area contributed by atoms with Crippen LogP contribution in [0.1, 0.15) is 5.69 Å². The first-order valence-electron chi connectivity index (χ1n) is 7.83. The lowest BCUT2D eigenvalue weighted by molar-refractivity contribution is -0.387. The van der Waals surface area contributed by atoms with E-state index >= 15 is 0 Å². The maximum Gasteiger partial charge on any atom is 0.283 e. The summed E-state index contributed by atoms with van der Waals surface area (Å²) in [6, 6.07) is 18.3. The number of rotatable bonds is 4. The van der Waals surface area contributed by atoms with Gasteiger partial charge in [0, 0.05) is 17.3 Å². The fourth-order valence-electron chi connectivity index (χ4n) is 2.62. The summed E-state index contributed by atoms with van der Waals surface area (Å²) < 4.78 is 1.67. The van der Waals surface area contributed by atoms with Gasteiger partial charge in [-0.25, -0.2) is 4.98 Å². The van der Waals surface area contributed by atoms with Crippen LogP contribution >= 0.6 is 11.8 Å². The highest BCUT2D eigenvalue weighted by atomic mass is 32.2. The summed E-state index contributed by atoms with van der Waals surface area (Å²) in [4.78, 5) is 20.1. The number of nitro benzene ring substituents is 1. The smallest absolute Gasteiger partial charge is 0.258 e. The molecule has 2 heterocycles. The molecule has 0 aliphatic carbocycles. The molecule has 0 amide bonds. The summed E-state index contributed by atoms with van der Waals surface area (Å²) in [5.41, 5.74) is 2.72. The van der Waals surface area contributed by atoms with Gasteiger partial charge in [-0.15, -0.1) is 5.10 Å². The molecule has 0 aliphatic heterocycles. The number of aryl methyl sites for hydroxylation is 1. The molecule has 0 unspecified atom stereocenters. The van der Waals surface area contributed by atoms with Crippen molar-refractivity contribution < 1.29 is 4.92 Å². The van der Waals surface area contributed by atoms with Gasteiger partial charge in [-0.2, -0.15) is 9.50 Å². The number of benzene rings is 2. The Morgan fingerprint density at radius 3 is 2.54 bits per heavy atom. The SMILES string of the molecule is Cc1cc(-c2ccccc2)n2nc(Sc3ccccc3[N+](=O)[O-])nc2n1. The Kier molecular flexibility index (Phi) is 4.10. The molecule has 0 saturated carbocycles. The van der Waals surface area contributed by atoms with E-state index in [1.165, 1.54) is 6.07 Å². The fraction of sp³-hybridized carbons (Fsp3) is 0.0556. The number of fused-ring (bicyclic) bond motifs is 1. The number of nitrogens with zero attached hydrogens (tertiary/aromatic N) is 5. The zero-order valence-corrected chi connectivity index (χ0v) is 14.6. The van der Waals surface area contributed by atoms with Gasteiger partial charge >= 0.3 is 0 Å². The zero-order valence-electron chi connectivity index (χ0n) is 13.7. The topological polar surface area (TPSA) is 86.2 Å². The second-order valence-electron chi connectivity index (χ2n) is 5.58. The van der Waals surface area contributed by atoms with Gasteiger partial charge in [-0.3, -0.25) is 10.1 Å². The number of nitro groups is 1. The Morgan fingerprint density at radius 1 is 1.04 bits per heavy atom. The molecule has 0 spiro atoms. The Bertz CT molecular complexity index is 1110. The summed E-state index contributed by atoms with van der Waals surface area (Å²) in [5.74, 6) is 0.463. The molecule has 0 fully saturated rings. The Hall–Kier alpha value is -3.26. The molecular formula is C18H13N5O2S. The molecule has 7 nitrogen and oxygen atoms in total. The Balaban J connectivity index is 1.81. The molecule has 0 saturated heterocycles. The van der Waals surface area contributed by atoms with E-state index in [9.17, 15) is 10.1 Å². The lowest BCUT2D eigenvalue weighted by Crippen LogP contribution is -1.98. The first-order chi connectivity index (χ1) is 12.6. The van der Waals surface area contributed by atoms with Gasteiger partial charge in [0.05, 0.1) is 15.5 Å². The standard InChI is InChI=1S/C18H13N5O2S/c1-12-11-15(13-7-3-2-4-8-13)22-17(19-12)20-18(21-22)26-16-10-6-5-9-14(16)23(24)25/h2-11H,1H3. The first kappa shape index (κ1) is 16.2. The van der Waals surface area contributed by atoms with Crippen molar-refractivity contribution in [1.82, 2.24) is 19.6 Å². The normalized spacial score (nSPS) is 11.0. The van der Waals surface area contributed by atoms with Crippen LogP contribution in [0.15, 0.2) is 70.7 Å². The summed E-state index contributed by atoms with van der Waals surface area (Å²) in [5, 5.41) is 16.1. The van der Waals surface area contributed by atoms with Crippen LogP contribution in [0.2, 0.25) is 0 Å². The number of hydrogen-bond donors (Lipinski definition) is 0. The van der Waals surface area contributed by atoms with Crippen LogP contribution < -0.4 is 0 Å². The molecule has 128 valence electrons. The average Bonchev–Trinajstić information content (AvgIpc) is 3.04. The molecule has 0 atom stereocenters. The minimum absolute atomic E-state index is 0.0313. The van der Waals surface area contributed by atoms with E-state index in [-0.39, 0.29) is 5.69 Å². The summed E-state index contributed by atoms with van der Waals surface area (Å²) in [6.45, 7) is 1.90. The van der Waals surface area contributed by atoms with Gasteiger partial charge in [0.1, 0.15) is 0 Å². The minimum Gasteiger partial charge on any atom is -0.258 e.